The summed E-state index contributed by atoms with van der Waals surface area (Å²) in [5.74, 6) is 1.89. The van der Waals surface area contributed by atoms with Crippen LogP contribution in [-0.4, -0.2) is 52.8 Å². The minimum Gasteiger partial charge on any atom is -0.486 e. The molecule has 2 aromatic heterocycles. The number of amides is 1. The maximum absolute atomic E-state index is 12.7. The zero-order chi connectivity index (χ0) is 24.4. The molecule has 4 heterocycles. The molecule has 1 amide bonds. The lowest BCUT2D eigenvalue weighted by molar-refractivity contribution is -0.138. The Balaban J connectivity index is 1.13. The van der Waals surface area contributed by atoms with Crippen molar-refractivity contribution >= 4 is 29.0 Å². The highest BCUT2D eigenvalue weighted by Crippen LogP contribution is 2.37. The number of thioether (sulfide) groups is 1. The Morgan fingerprint density at radius 2 is 1.89 bits per heavy atom. The summed E-state index contributed by atoms with van der Waals surface area (Å²) in [5, 5.41) is 3.51. The first-order chi connectivity index (χ1) is 16.9. The van der Waals surface area contributed by atoms with Gasteiger partial charge in [0.05, 0.1) is 27.0 Å². The number of nitrogens with zero attached hydrogens (tertiary/aromatic N) is 3. The molecule has 0 unspecified atom stereocenters. The van der Waals surface area contributed by atoms with Crippen LogP contribution in [0.5, 0.6) is 11.5 Å². The molecule has 1 aromatic carbocycles. The monoisotopic (exact) mass is 521 g/mol. The summed E-state index contributed by atoms with van der Waals surface area (Å²) in [4.78, 5) is 23.1. The Bertz CT molecular complexity index is 1190. The van der Waals surface area contributed by atoms with Gasteiger partial charge in [0.25, 0.3) is 0 Å². The second-order valence-corrected chi connectivity index (χ2v) is 10.1. The Labute approximate surface area is 208 Å². The molecule has 5 rings (SSSR count). The molecule has 1 fully saturated rings. The summed E-state index contributed by atoms with van der Waals surface area (Å²) in [5.41, 5.74) is 1.09. The van der Waals surface area contributed by atoms with E-state index >= 15 is 0 Å². The number of rotatable bonds is 5. The van der Waals surface area contributed by atoms with Crippen molar-refractivity contribution < 1.29 is 27.4 Å². The molecule has 2 aliphatic heterocycles. The van der Waals surface area contributed by atoms with Crippen molar-refractivity contribution in [3.05, 3.63) is 52.5 Å². The quantitative estimate of drug-likeness (QED) is 0.414. The van der Waals surface area contributed by atoms with E-state index in [2.05, 4.69) is 4.98 Å². The lowest BCUT2D eigenvalue weighted by Crippen LogP contribution is -2.38. The van der Waals surface area contributed by atoms with Crippen LogP contribution in [0.25, 0.3) is 11.3 Å². The van der Waals surface area contributed by atoms with Gasteiger partial charge in [0.2, 0.25) is 5.91 Å². The molecule has 3 aromatic rings. The first kappa shape index (κ1) is 23.9. The van der Waals surface area contributed by atoms with Crippen molar-refractivity contribution in [2.45, 2.75) is 30.0 Å². The van der Waals surface area contributed by atoms with E-state index in [1.165, 1.54) is 6.07 Å². The number of piperidine rings is 1. The number of carbonyl (C=O) groups is 1. The third-order valence-electron chi connectivity index (χ3n) is 5.96. The molecule has 0 bridgehead atoms. The number of aromatic nitrogens is 2. The lowest BCUT2D eigenvalue weighted by Gasteiger charge is -2.31. The van der Waals surface area contributed by atoms with Crippen LogP contribution in [0, 0.1) is 0 Å². The number of alkyl halides is 3. The predicted octanol–water partition coefficient (Wildman–Crippen LogP) is 5.49. The van der Waals surface area contributed by atoms with Gasteiger partial charge in [-0.1, -0.05) is 11.8 Å². The zero-order valence-corrected chi connectivity index (χ0v) is 20.2. The summed E-state index contributed by atoms with van der Waals surface area (Å²) < 4.78 is 49.2. The largest absolute Gasteiger partial charge is 0.486 e. The summed E-state index contributed by atoms with van der Waals surface area (Å²) in [6, 6.07) is 8.13. The third kappa shape index (κ3) is 5.56. The fourth-order valence-electron chi connectivity index (χ4n) is 4.05. The summed E-state index contributed by atoms with van der Waals surface area (Å²) >= 11 is 2.78. The molecule has 0 N–H and O–H groups in total. The fourth-order valence-corrected chi connectivity index (χ4v) is 5.79. The Kier molecular flexibility index (Phi) is 6.88. The summed E-state index contributed by atoms with van der Waals surface area (Å²) in [7, 11) is 0. The van der Waals surface area contributed by atoms with Crippen LogP contribution < -0.4 is 9.47 Å². The number of fused-ring (bicyclic) bond motifs is 1. The van der Waals surface area contributed by atoms with Gasteiger partial charge >= 0.3 is 6.18 Å². The van der Waals surface area contributed by atoms with Crippen LogP contribution in [0.3, 0.4) is 0 Å². The maximum Gasteiger partial charge on any atom is 0.417 e. The van der Waals surface area contributed by atoms with E-state index in [1.807, 2.05) is 28.5 Å². The van der Waals surface area contributed by atoms with Crippen molar-refractivity contribution in [1.29, 1.82) is 0 Å². The van der Waals surface area contributed by atoms with Crippen LogP contribution >= 0.6 is 23.1 Å². The van der Waals surface area contributed by atoms with Crippen LogP contribution in [-0.2, 0) is 11.0 Å². The molecule has 6 nitrogen and oxygen atoms in total. The minimum absolute atomic E-state index is 0.0359. The van der Waals surface area contributed by atoms with Gasteiger partial charge in [0.1, 0.15) is 13.2 Å². The molecule has 1 saturated heterocycles. The molecule has 0 atom stereocenters. The molecule has 0 saturated carbocycles. The molecule has 0 spiro atoms. The molecule has 0 radical (unpaired) electrons. The minimum atomic E-state index is -4.42. The van der Waals surface area contributed by atoms with E-state index in [0.717, 1.165) is 64.6 Å². The molecule has 2 aliphatic rings. The van der Waals surface area contributed by atoms with Crippen molar-refractivity contribution in [1.82, 2.24) is 14.9 Å². The van der Waals surface area contributed by atoms with Crippen LogP contribution in [0.15, 0.2) is 46.9 Å². The normalized spacial score (nSPS) is 16.4. The van der Waals surface area contributed by atoms with Gasteiger partial charge in [-0.05, 0) is 43.2 Å². The average molecular weight is 522 g/mol. The molecular formula is C24H22F3N3O3S2. The van der Waals surface area contributed by atoms with Crippen molar-refractivity contribution in [2.24, 2.45) is 0 Å². The molecule has 11 heteroatoms. The number of benzene rings is 1. The van der Waals surface area contributed by atoms with Gasteiger partial charge in [-0.15, -0.1) is 11.3 Å². The average Bonchev–Trinajstić information content (AvgIpc) is 3.37. The lowest BCUT2D eigenvalue weighted by atomic mass is 9.97. The zero-order valence-electron chi connectivity index (χ0n) is 18.6. The molecule has 0 aliphatic carbocycles. The summed E-state index contributed by atoms with van der Waals surface area (Å²) in [6.45, 7) is 2.35. The topological polar surface area (TPSA) is 64.6 Å². The predicted molar refractivity (Wildman–Crippen MR) is 127 cm³/mol. The standard InChI is InChI=1S/C24H22F3N3O3S2/c25-24(26,27)17-2-4-21(28-12-17)34-14-22(31)30-7-5-15(6-8-30)23-29-18(13-35-23)16-1-3-19-20(11-16)33-10-9-32-19/h1-4,11-13,15H,5-10,14H2. The van der Waals surface area contributed by atoms with E-state index in [4.69, 9.17) is 14.5 Å². The highest BCUT2D eigenvalue weighted by molar-refractivity contribution is 7.99. The Morgan fingerprint density at radius 1 is 1.11 bits per heavy atom. The van der Waals surface area contributed by atoms with Gasteiger partial charge in [-0.25, -0.2) is 9.97 Å². The molecular weight excluding hydrogens is 499 g/mol. The number of thiazole rings is 1. The van der Waals surface area contributed by atoms with Crippen molar-refractivity contribution in [3.8, 4) is 22.8 Å². The number of hydrogen-bond donors (Lipinski definition) is 0. The van der Waals surface area contributed by atoms with E-state index in [-0.39, 0.29) is 11.7 Å². The van der Waals surface area contributed by atoms with E-state index in [0.29, 0.717) is 37.2 Å². The number of carbonyl (C=O) groups excluding carboxylic acids is 1. The molecule has 184 valence electrons. The fraction of sp³-hybridized carbons (Fsp3) is 0.375. The highest BCUT2D eigenvalue weighted by Gasteiger charge is 2.31. The number of likely N-dealkylation sites (tertiary alicyclic amines) is 1. The van der Waals surface area contributed by atoms with E-state index in [9.17, 15) is 18.0 Å². The number of ether oxygens (including phenoxy) is 2. The smallest absolute Gasteiger partial charge is 0.417 e. The highest BCUT2D eigenvalue weighted by atomic mass is 32.2. The van der Waals surface area contributed by atoms with Crippen LogP contribution in [0.2, 0.25) is 0 Å². The Morgan fingerprint density at radius 3 is 2.60 bits per heavy atom. The van der Waals surface area contributed by atoms with Gasteiger partial charge in [0.15, 0.2) is 11.5 Å². The SMILES string of the molecule is O=C(CSc1ccc(C(F)(F)F)cn1)N1CCC(c2nc(-c3ccc4c(c3)OCCO4)cs2)CC1. The van der Waals surface area contributed by atoms with Crippen molar-refractivity contribution in [2.75, 3.05) is 32.1 Å². The van der Waals surface area contributed by atoms with Gasteiger partial charge in [-0.3, -0.25) is 4.79 Å². The number of hydrogen-bond acceptors (Lipinski definition) is 7. The third-order valence-corrected chi connectivity index (χ3v) is 7.90. The van der Waals surface area contributed by atoms with Gasteiger partial charge in [0, 0.05) is 36.1 Å². The molecule has 35 heavy (non-hydrogen) atoms. The van der Waals surface area contributed by atoms with Gasteiger partial charge < -0.3 is 14.4 Å². The van der Waals surface area contributed by atoms with E-state index in [1.54, 1.807) is 11.3 Å². The first-order valence-electron chi connectivity index (χ1n) is 11.2. The Hall–Kier alpha value is -2.79. The number of halogens is 3. The van der Waals surface area contributed by atoms with Gasteiger partial charge in [-0.2, -0.15) is 13.2 Å². The first-order valence-corrected chi connectivity index (χ1v) is 13.0. The second-order valence-electron chi connectivity index (χ2n) is 8.26. The van der Waals surface area contributed by atoms with Crippen LogP contribution in [0.4, 0.5) is 13.2 Å². The van der Waals surface area contributed by atoms with Crippen molar-refractivity contribution in [3.63, 3.8) is 0 Å². The summed E-state index contributed by atoms with van der Waals surface area (Å²) in [6.07, 6.45) is -1.98. The van der Waals surface area contributed by atoms with E-state index < -0.39 is 11.7 Å². The maximum atomic E-state index is 12.7. The number of pyridine rings is 1. The second kappa shape index (κ2) is 10.1. The van der Waals surface area contributed by atoms with Crippen LogP contribution in [0.1, 0.15) is 29.3 Å².